The van der Waals surface area contributed by atoms with E-state index >= 15 is 0 Å². The highest BCUT2D eigenvalue weighted by atomic mass is 35.5. The number of hydrogen-bond donors (Lipinski definition) is 3. The van der Waals surface area contributed by atoms with Crippen molar-refractivity contribution in [2.24, 2.45) is 11.7 Å². The van der Waals surface area contributed by atoms with Crippen LogP contribution in [0.25, 0.3) is 10.8 Å². The summed E-state index contributed by atoms with van der Waals surface area (Å²) in [4.78, 5) is 11.5. The van der Waals surface area contributed by atoms with Crippen LogP contribution in [0.4, 0.5) is 5.69 Å². The third kappa shape index (κ3) is 4.30. The third-order valence-electron chi connectivity index (χ3n) is 4.24. The van der Waals surface area contributed by atoms with Crippen LogP contribution < -0.4 is 15.8 Å². The normalized spacial score (nSPS) is 15.4. The zero-order valence-electron chi connectivity index (χ0n) is 13.9. The van der Waals surface area contributed by atoms with Gasteiger partial charge in [-0.2, -0.15) is 0 Å². The minimum Gasteiger partial charge on any atom is -0.329 e. The highest BCUT2D eigenvalue weighted by Crippen LogP contribution is 2.34. The largest absolute Gasteiger partial charge is 0.329 e. The van der Waals surface area contributed by atoms with Crippen LogP contribution in [0.2, 0.25) is 0 Å². The molecule has 1 amide bonds. The van der Waals surface area contributed by atoms with Crippen molar-refractivity contribution in [1.29, 1.82) is 0 Å². The van der Waals surface area contributed by atoms with Gasteiger partial charge in [-0.25, -0.2) is 13.1 Å². The number of rotatable bonds is 6. The van der Waals surface area contributed by atoms with E-state index < -0.39 is 10.0 Å². The first-order valence-electron chi connectivity index (χ1n) is 7.94. The van der Waals surface area contributed by atoms with Gasteiger partial charge in [0.1, 0.15) is 0 Å². The average molecular weight is 384 g/mol. The van der Waals surface area contributed by atoms with Gasteiger partial charge in [-0.3, -0.25) is 4.79 Å². The maximum atomic E-state index is 12.8. The van der Waals surface area contributed by atoms with E-state index in [4.69, 9.17) is 5.73 Å². The summed E-state index contributed by atoms with van der Waals surface area (Å²) < 4.78 is 28.4. The van der Waals surface area contributed by atoms with Gasteiger partial charge < -0.3 is 11.1 Å². The molecule has 1 saturated carbocycles. The van der Waals surface area contributed by atoms with Crippen LogP contribution in [0.5, 0.6) is 0 Å². The van der Waals surface area contributed by atoms with E-state index in [0.29, 0.717) is 22.4 Å². The molecule has 136 valence electrons. The Morgan fingerprint density at radius 2 is 1.84 bits per heavy atom. The molecule has 0 radical (unpaired) electrons. The number of hydrogen-bond acceptors (Lipinski definition) is 4. The summed E-state index contributed by atoms with van der Waals surface area (Å²) in [7, 11) is -3.69. The third-order valence-corrected chi connectivity index (χ3v) is 5.78. The molecule has 2 aromatic rings. The summed E-state index contributed by atoms with van der Waals surface area (Å²) in [6.45, 7) is 1.70. The van der Waals surface area contributed by atoms with Crippen molar-refractivity contribution in [2.75, 3.05) is 11.9 Å². The van der Waals surface area contributed by atoms with Crippen LogP contribution in [0.3, 0.4) is 0 Å². The molecule has 1 unspecified atom stereocenters. The Morgan fingerprint density at radius 3 is 2.40 bits per heavy atom. The zero-order valence-corrected chi connectivity index (χ0v) is 15.5. The molecule has 1 fully saturated rings. The van der Waals surface area contributed by atoms with Crippen LogP contribution in [0.15, 0.2) is 41.3 Å². The number of nitrogens with two attached hydrogens (primary N) is 1. The van der Waals surface area contributed by atoms with E-state index in [1.54, 1.807) is 24.3 Å². The van der Waals surface area contributed by atoms with E-state index in [9.17, 15) is 13.2 Å². The summed E-state index contributed by atoms with van der Waals surface area (Å²) in [6, 6.07) is 10.0. The monoisotopic (exact) mass is 383 g/mol. The molecule has 4 N–H and O–H groups in total. The minimum atomic E-state index is -3.69. The molecule has 1 atom stereocenters. The molecule has 0 aliphatic heterocycles. The Balaban J connectivity index is 0.00000225. The van der Waals surface area contributed by atoms with Gasteiger partial charge in [0.05, 0.1) is 4.90 Å². The molecule has 0 aromatic heterocycles. The van der Waals surface area contributed by atoms with Gasteiger partial charge in [-0.15, -0.1) is 12.4 Å². The number of anilines is 1. The predicted molar refractivity (Wildman–Crippen MR) is 101 cm³/mol. The molecule has 1 aliphatic rings. The molecular weight excluding hydrogens is 362 g/mol. The van der Waals surface area contributed by atoms with Crippen molar-refractivity contribution in [2.45, 2.75) is 30.7 Å². The molecule has 25 heavy (non-hydrogen) atoms. The molecule has 0 spiro atoms. The quantitative estimate of drug-likeness (QED) is 0.711. The number of halogens is 1. The van der Waals surface area contributed by atoms with Gasteiger partial charge in [0.25, 0.3) is 0 Å². The van der Waals surface area contributed by atoms with E-state index in [2.05, 4.69) is 10.0 Å². The maximum Gasteiger partial charge on any atom is 0.241 e. The molecule has 6 nitrogen and oxygen atoms in total. The molecule has 3 rings (SSSR count). The molecule has 0 saturated heterocycles. The molecule has 0 bridgehead atoms. The second-order valence-corrected chi connectivity index (χ2v) is 7.82. The SMILES string of the molecule is CC(=O)Nc1ccc(S(=O)(=O)NC(CN)C2CC2)c2ccccc12.Cl. The second kappa shape index (κ2) is 7.70. The van der Waals surface area contributed by atoms with Gasteiger partial charge in [0.15, 0.2) is 0 Å². The van der Waals surface area contributed by atoms with E-state index in [1.807, 2.05) is 6.07 Å². The van der Waals surface area contributed by atoms with Gasteiger partial charge in [0, 0.05) is 36.0 Å². The van der Waals surface area contributed by atoms with Crippen molar-refractivity contribution in [3.8, 4) is 0 Å². The van der Waals surface area contributed by atoms with Gasteiger partial charge in [-0.05, 0) is 30.9 Å². The van der Waals surface area contributed by atoms with Crippen LogP contribution in [0, 0.1) is 5.92 Å². The number of amides is 1. The predicted octanol–water partition coefficient (Wildman–Crippen LogP) is 2.24. The molecule has 1 aliphatic carbocycles. The molecule has 0 heterocycles. The number of carbonyl (C=O) groups is 1. The summed E-state index contributed by atoms with van der Waals surface area (Å²) in [5, 5.41) is 3.99. The highest BCUT2D eigenvalue weighted by molar-refractivity contribution is 7.89. The Kier molecular flexibility index (Phi) is 6.05. The lowest BCUT2D eigenvalue weighted by Gasteiger charge is -2.18. The standard InChI is InChI=1S/C17H21N3O3S.ClH/c1-11(21)19-15-8-9-17(14-5-3-2-4-13(14)15)24(22,23)20-16(10-18)12-6-7-12;/h2-5,8-9,12,16,20H,6-7,10,18H2,1H3,(H,19,21);1H. The number of benzene rings is 2. The first-order valence-corrected chi connectivity index (χ1v) is 9.42. The summed E-state index contributed by atoms with van der Waals surface area (Å²) in [5.41, 5.74) is 6.31. The molecular formula is C17H22ClN3O3S. The first-order chi connectivity index (χ1) is 11.4. The number of carbonyl (C=O) groups excluding carboxylic acids is 1. The van der Waals surface area contributed by atoms with Gasteiger partial charge in [0.2, 0.25) is 15.9 Å². The van der Waals surface area contributed by atoms with Crippen molar-refractivity contribution in [3.63, 3.8) is 0 Å². The van der Waals surface area contributed by atoms with Crippen molar-refractivity contribution in [3.05, 3.63) is 36.4 Å². The van der Waals surface area contributed by atoms with Crippen molar-refractivity contribution in [1.82, 2.24) is 4.72 Å². The molecule has 2 aromatic carbocycles. The average Bonchev–Trinajstić information content (AvgIpc) is 3.37. The van der Waals surface area contributed by atoms with Crippen molar-refractivity contribution < 1.29 is 13.2 Å². The van der Waals surface area contributed by atoms with Crippen LogP contribution >= 0.6 is 12.4 Å². The highest BCUT2D eigenvalue weighted by Gasteiger charge is 2.33. The topological polar surface area (TPSA) is 101 Å². The van der Waals surface area contributed by atoms with Gasteiger partial charge in [-0.1, -0.05) is 24.3 Å². The second-order valence-electron chi connectivity index (χ2n) is 6.14. The Bertz CT molecular complexity index is 882. The minimum absolute atomic E-state index is 0. The van der Waals surface area contributed by atoms with Crippen LogP contribution in [-0.4, -0.2) is 26.9 Å². The van der Waals surface area contributed by atoms with Crippen LogP contribution in [-0.2, 0) is 14.8 Å². The van der Waals surface area contributed by atoms with Crippen LogP contribution in [0.1, 0.15) is 19.8 Å². The lowest BCUT2D eigenvalue weighted by atomic mass is 10.1. The fourth-order valence-corrected chi connectivity index (χ4v) is 4.43. The Hall–Kier alpha value is -1.67. The van der Waals surface area contributed by atoms with E-state index in [0.717, 1.165) is 12.8 Å². The summed E-state index contributed by atoms with van der Waals surface area (Å²) in [6.07, 6.45) is 2.01. The van der Waals surface area contributed by atoms with E-state index in [-0.39, 0.29) is 35.8 Å². The zero-order chi connectivity index (χ0) is 17.3. The number of fused-ring (bicyclic) bond motifs is 1. The summed E-state index contributed by atoms with van der Waals surface area (Å²) >= 11 is 0. The molecule has 8 heteroatoms. The first kappa shape index (κ1) is 19.7. The number of nitrogens with one attached hydrogen (secondary N) is 2. The lowest BCUT2D eigenvalue weighted by Crippen LogP contribution is -2.41. The van der Waals surface area contributed by atoms with E-state index in [1.165, 1.54) is 13.0 Å². The smallest absolute Gasteiger partial charge is 0.241 e. The number of sulfonamides is 1. The fourth-order valence-electron chi connectivity index (χ4n) is 2.90. The van der Waals surface area contributed by atoms with Crippen molar-refractivity contribution >= 4 is 44.8 Å². The lowest BCUT2D eigenvalue weighted by molar-refractivity contribution is -0.114. The Morgan fingerprint density at radius 1 is 1.20 bits per heavy atom. The summed E-state index contributed by atoms with van der Waals surface area (Å²) in [5.74, 6) is 0.125. The maximum absolute atomic E-state index is 12.8. The Labute approximate surface area is 153 Å². The van der Waals surface area contributed by atoms with Gasteiger partial charge >= 0.3 is 0 Å². The fraction of sp³-hybridized carbons (Fsp3) is 0.353.